The Morgan fingerprint density at radius 1 is 1.05 bits per heavy atom. The molecule has 0 unspecified atom stereocenters. The highest BCUT2D eigenvalue weighted by Gasteiger charge is 2.18. The van der Waals surface area contributed by atoms with Crippen LogP contribution < -0.4 is 0 Å². The smallest absolute Gasteiger partial charge is 0.312 e. The molecule has 1 aliphatic carbocycles. The lowest BCUT2D eigenvalue weighted by atomic mass is 10.1. The third-order valence-electron chi connectivity index (χ3n) is 3.29. The molecule has 0 aromatic heterocycles. The van der Waals surface area contributed by atoms with Gasteiger partial charge in [0.1, 0.15) is 0 Å². The van der Waals surface area contributed by atoms with E-state index >= 15 is 0 Å². The zero-order chi connectivity index (χ0) is 13.9. The summed E-state index contributed by atoms with van der Waals surface area (Å²) in [5.74, 6) is -0.535. The number of oxime groups is 1. The summed E-state index contributed by atoms with van der Waals surface area (Å²) in [4.78, 5) is 16.9. The second-order valence-electron chi connectivity index (χ2n) is 4.55. The van der Waals surface area contributed by atoms with Gasteiger partial charge in [0.25, 0.3) is 0 Å². The molecule has 3 nitrogen and oxygen atoms in total. The third-order valence-corrected chi connectivity index (χ3v) is 3.62. The fourth-order valence-electron chi connectivity index (χ4n) is 2.27. The number of benzene rings is 2. The first-order chi connectivity index (χ1) is 9.75. The quantitative estimate of drug-likeness (QED) is 0.621. The van der Waals surface area contributed by atoms with Crippen LogP contribution in [0.1, 0.15) is 27.9 Å². The molecule has 0 radical (unpaired) electrons. The molecule has 2 aromatic rings. The van der Waals surface area contributed by atoms with Crippen molar-refractivity contribution in [3.8, 4) is 0 Å². The van der Waals surface area contributed by atoms with Crippen molar-refractivity contribution in [2.24, 2.45) is 5.16 Å². The second-order valence-corrected chi connectivity index (χ2v) is 4.96. The molecular weight excluding hydrogens is 274 g/mol. The van der Waals surface area contributed by atoms with Crippen LogP contribution in [0.4, 0.5) is 0 Å². The van der Waals surface area contributed by atoms with Gasteiger partial charge in [-0.3, -0.25) is 0 Å². The largest absolute Gasteiger partial charge is 0.367 e. The van der Waals surface area contributed by atoms with E-state index < -0.39 is 5.97 Å². The number of rotatable bonds is 2. The summed E-state index contributed by atoms with van der Waals surface area (Å²) in [6, 6.07) is 14.8. The lowest BCUT2D eigenvalue weighted by molar-refractivity contribution is 0.0516. The van der Waals surface area contributed by atoms with E-state index in [2.05, 4.69) is 11.2 Å². The Kier molecular flexibility index (Phi) is 3.52. The predicted molar refractivity (Wildman–Crippen MR) is 78.2 cm³/mol. The van der Waals surface area contributed by atoms with Crippen molar-refractivity contribution in [2.75, 3.05) is 0 Å². The van der Waals surface area contributed by atoms with Gasteiger partial charge in [0, 0.05) is 5.56 Å². The molecular formula is C16H12ClNO2. The topological polar surface area (TPSA) is 38.7 Å². The van der Waals surface area contributed by atoms with Crippen molar-refractivity contribution in [3.05, 3.63) is 70.2 Å². The maximum absolute atomic E-state index is 11.9. The summed E-state index contributed by atoms with van der Waals surface area (Å²) in [5.41, 5.74) is 3.42. The van der Waals surface area contributed by atoms with Gasteiger partial charge in [-0.05, 0) is 30.5 Å². The normalized spacial score (nSPS) is 15.2. The second kappa shape index (κ2) is 5.47. The van der Waals surface area contributed by atoms with Gasteiger partial charge in [-0.1, -0.05) is 53.2 Å². The Morgan fingerprint density at radius 3 is 2.65 bits per heavy atom. The van der Waals surface area contributed by atoms with E-state index in [1.165, 1.54) is 5.56 Å². The number of carbonyl (C=O) groups is 1. The van der Waals surface area contributed by atoms with Crippen molar-refractivity contribution in [1.82, 2.24) is 0 Å². The van der Waals surface area contributed by atoms with Crippen LogP contribution in [0.25, 0.3) is 0 Å². The van der Waals surface area contributed by atoms with Crippen LogP contribution in [0.2, 0.25) is 5.02 Å². The Bertz CT molecular complexity index is 694. The average molecular weight is 286 g/mol. The highest BCUT2D eigenvalue weighted by atomic mass is 35.5. The minimum Gasteiger partial charge on any atom is -0.312 e. The Balaban J connectivity index is 1.79. The molecule has 100 valence electrons. The molecule has 0 saturated carbocycles. The van der Waals surface area contributed by atoms with E-state index in [0.717, 1.165) is 24.1 Å². The zero-order valence-electron chi connectivity index (χ0n) is 10.7. The average Bonchev–Trinajstić information content (AvgIpc) is 2.88. The number of aryl methyl sites for hydroxylation is 1. The van der Waals surface area contributed by atoms with E-state index in [9.17, 15) is 4.79 Å². The minimum absolute atomic E-state index is 0.324. The van der Waals surface area contributed by atoms with E-state index in [0.29, 0.717) is 10.6 Å². The summed E-state index contributed by atoms with van der Waals surface area (Å²) in [6.07, 6.45) is 1.72. The monoisotopic (exact) mass is 285 g/mol. The lowest BCUT2D eigenvalue weighted by Crippen LogP contribution is -2.04. The molecule has 0 bridgehead atoms. The van der Waals surface area contributed by atoms with Crippen molar-refractivity contribution in [2.45, 2.75) is 12.8 Å². The van der Waals surface area contributed by atoms with Crippen LogP contribution in [-0.2, 0) is 11.3 Å². The van der Waals surface area contributed by atoms with Crippen LogP contribution in [0.5, 0.6) is 0 Å². The zero-order valence-corrected chi connectivity index (χ0v) is 11.4. The van der Waals surface area contributed by atoms with Gasteiger partial charge in [-0.2, -0.15) is 0 Å². The van der Waals surface area contributed by atoms with Gasteiger partial charge in [-0.25, -0.2) is 4.79 Å². The molecule has 0 spiro atoms. The highest BCUT2D eigenvalue weighted by Crippen LogP contribution is 2.22. The molecule has 2 aromatic carbocycles. The molecule has 0 amide bonds. The first-order valence-electron chi connectivity index (χ1n) is 6.37. The van der Waals surface area contributed by atoms with E-state index in [-0.39, 0.29) is 0 Å². The standard InChI is InChI=1S/C16H12ClNO2/c17-14-8-4-3-7-13(14)16(19)20-18-15-10-9-11-5-1-2-6-12(11)15/h1-8H,9-10H2. The van der Waals surface area contributed by atoms with E-state index in [1.54, 1.807) is 24.3 Å². The van der Waals surface area contributed by atoms with Crippen LogP contribution >= 0.6 is 11.6 Å². The van der Waals surface area contributed by atoms with Gasteiger partial charge in [0.2, 0.25) is 0 Å². The fourth-order valence-corrected chi connectivity index (χ4v) is 2.49. The number of carbonyl (C=O) groups excluding carboxylic acids is 1. The number of fused-ring (bicyclic) bond motifs is 1. The molecule has 1 aliphatic rings. The van der Waals surface area contributed by atoms with Crippen LogP contribution in [-0.4, -0.2) is 11.7 Å². The summed E-state index contributed by atoms with van der Waals surface area (Å²) in [5, 5.41) is 4.36. The molecule has 0 saturated heterocycles. The van der Waals surface area contributed by atoms with Gasteiger partial charge >= 0.3 is 5.97 Å². The predicted octanol–water partition coefficient (Wildman–Crippen LogP) is 3.85. The summed E-state index contributed by atoms with van der Waals surface area (Å²) in [7, 11) is 0. The van der Waals surface area contributed by atoms with Crippen molar-refractivity contribution >= 4 is 23.3 Å². The molecule has 3 rings (SSSR count). The summed E-state index contributed by atoms with van der Waals surface area (Å²) >= 11 is 5.95. The minimum atomic E-state index is -0.535. The molecule has 0 N–H and O–H groups in total. The SMILES string of the molecule is O=C(ON=C1CCc2ccccc21)c1ccccc1Cl. The lowest BCUT2D eigenvalue weighted by Gasteiger charge is -2.02. The number of hydrogen-bond donors (Lipinski definition) is 0. The molecule has 0 fully saturated rings. The Labute approximate surface area is 121 Å². The summed E-state index contributed by atoms with van der Waals surface area (Å²) < 4.78 is 0. The Morgan fingerprint density at radius 2 is 1.80 bits per heavy atom. The maximum atomic E-state index is 11.9. The van der Waals surface area contributed by atoms with Gasteiger partial charge in [-0.15, -0.1) is 0 Å². The fraction of sp³-hybridized carbons (Fsp3) is 0.125. The third kappa shape index (κ3) is 2.45. The Hall–Kier alpha value is -2.13. The molecule has 0 aliphatic heterocycles. The first kappa shape index (κ1) is 12.9. The van der Waals surface area contributed by atoms with Gasteiger partial charge in [0.05, 0.1) is 16.3 Å². The van der Waals surface area contributed by atoms with Crippen molar-refractivity contribution in [1.29, 1.82) is 0 Å². The highest BCUT2D eigenvalue weighted by molar-refractivity contribution is 6.33. The van der Waals surface area contributed by atoms with Crippen molar-refractivity contribution in [3.63, 3.8) is 0 Å². The number of hydrogen-bond acceptors (Lipinski definition) is 3. The van der Waals surface area contributed by atoms with E-state index in [4.69, 9.17) is 16.4 Å². The van der Waals surface area contributed by atoms with Crippen LogP contribution in [0.3, 0.4) is 0 Å². The van der Waals surface area contributed by atoms with Gasteiger partial charge in [0.15, 0.2) is 0 Å². The maximum Gasteiger partial charge on any atom is 0.367 e. The molecule has 0 heterocycles. The van der Waals surface area contributed by atoms with Crippen molar-refractivity contribution < 1.29 is 9.63 Å². The van der Waals surface area contributed by atoms with Crippen LogP contribution in [0, 0.1) is 0 Å². The van der Waals surface area contributed by atoms with Crippen LogP contribution in [0.15, 0.2) is 53.7 Å². The number of nitrogens with zero attached hydrogens (tertiary/aromatic N) is 1. The molecule has 0 atom stereocenters. The number of halogens is 1. The van der Waals surface area contributed by atoms with E-state index in [1.807, 2.05) is 18.2 Å². The van der Waals surface area contributed by atoms with Gasteiger partial charge < -0.3 is 4.84 Å². The molecule has 4 heteroatoms. The summed E-state index contributed by atoms with van der Waals surface area (Å²) in [6.45, 7) is 0. The first-order valence-corrected chi connectivity index (χ1v) is 6.74. The molecule has 20 heavy (non-hydrogen) atoms.